The number of anilines is 1. The summed E-state index contributed by atoms with van der Waals surface area (Å²) >= 11 is 0. The summed E-state index contributed by atoms with van der Waals surface area (Å²) in [5, 5.41) is 2.62. The summed E-state index contributed by atoms with van der Waals surface area (Å²) in [6.45, 7) is 3.18. The Balaban J connectivity index is 1.45. The van der Waals surface area contributed by atoms with Crippen LogP contribution in [-0.2, 0) is 16.6 Å². The minimum absolute atomic E-state index is 0.127. The molecular formula is C27H25N3O5. The smallest absolute Gasteiger partial charge is 0.339 e. The molecule has 0 aliphatic carbocycles. The van der Waals surface area contributed by atoms with Gasteiger partial charge in [0.2, 0.25) is 0 Å². The molecule has 1 heterocycles. The number of para-hydroxylation sites is 2. The molecule has 0 aliphatic rings. The molecule has 0 fully saturated rings. The van der Waals surface area contributed by atoms with Crippen LogP contribution in [0.2, 0.25) is 0 Å². The van der Waals surface area contributed by atoms with Crippen LogP contribution < -0.4 is 15.6 Å². The first kappa shape index (κ1) is 23.6. The van der Waals surface area contributed by atoms with Gasteiger partial charge in [-0.15, -0.1) is 0 Å². The Kier molecular flexibility index (Phi) is 6.82. The average Bonchev–Trinajstić information content (AvgIpc) is 3.08. The highest BCUT2D eigenvalue weighted by molar-refractivity contribution is 5.97. The Labute approximate surface area is 202 Å². The van der Waals surface area contributed by atoms with Gasteiger partial charge in [-0.1, -0.05) is 42.5 Å². The molecule has 1 aromatic heterocycles. The summed E-state index contributed by atoms with van der Waals surface area (Å²) < 4.78 is 14.2. The number of nitrogens with zero attached hydrogens (tertiary/aromatic N) is 2. The molecule has 4 rings (SSSR count). The maximum Gasteiger partial charge on any atom is 0.339 e. The molecule has 178 valence electrons. The lowest BCUT2D eigenvalue weighted by Gasteiger charge is -2.13. The Hall–Kier alpha value is -4.59. The van der Waals surface area contributed by atoms with Crippen LogP contribution in [0.3, 0.4) is 0 Å². The molecule has 1 unspecified atom stereocenters. The fourth-order valence-corrected chi connectivity index (χ4v) is 3.53. The Bertz CT molecular complexity index is 1410. The predicted octanol–water partition coefficient (Wildman–Crippen LogP) is 4.46. The number of nitrogens with one attached hydrogen (secondary N) is 1. The van der Waals surface area contributed by atoms with E-state index >= 15 is 0 Å². The fraction of sp³-hybridized carbons (Fsp3) is 0.148. The van der Waals surface area contributed by atoms with E-state index in [4.69, 9.17) is 9.47 Å². The highest BCUT2D eigenvalue weighted by Crippen LogP contribution is 2.22. The number of carbonyl (C=O) groups is 2. The Morgan fingerprint density at radius 1 is 0.886 bits per heavy atom. The number of benzene rings is 3. The van der Waals surface area contributed by atoms with E-state index in [1.807, 2.05) is 36.4 Å². The van der Waals surface area contributed by atoms with Crippen molar-refractivity contribution in [1.82, 2.24) is 9.36 Å². The number of hydrogen-bond donors (Lipinski definition) is 1. The van der Waals surface area contributed by atoms with Gasteiger partial charge in [-0.25, -0.2) is 9.48 Å². The molecule has 0 saturated heterocycles. The van der Waals surface area contributed by atoms with E-state index in [0.29, 0.717) is 22.9 Å². The lowest BCUT2D eigenvalue weighted by atomic mass is 10.2. The minimum Gasteiger partial charge on any atom is -0.457 e. The van der Waals surface area contributed by atoms with Crippen LogP contribution >= 0.6 is 0 Å². The number of carbonyl (C=O) groups excluding carboxylic acids is 2. The van der Waals surface area contributed by atoms with E-state index in [0.717, 1.165) is 0 Å². The molecule has 3 aromatic carbocycles. The number of esters is 1. The summed E-state index contributed by atoms with van der Waals surface area (Å²) in [5.74, 6) is -0.201. The first-order valence-electron chi connectivity index (χ1n) is 11.0. The van der Waals surface area contributed by atoms with E-state index < -0.39 is 18.0 Å². The van der Waals surface area contributed by atoms with E-state index in [-0.39, 0.29) is 16.8 Å². The second kappa shape index (κ2) is 10.1. The van der Waals surface area contributed by atoms with Crippen molar-refractivity contribution in [2.24, 2.45) is 7.05 Å². The molecule has 35 heavy (non-hydrogen) atoms. The molecule has 0 saturated carbocycles. The van der Waals surface area contributed by atoms with Crippen LogP contribution in [0, 0.1) is 6.92 Å². The summed E-state index contributed by atoms with van der Waals surface area (Å²) in [7, 11) is 1.73. The maximum atomic E-state index is 13.0. The van der Waals surface area contributed by atoms with Crippen molar-refractivity contribution < 1.29 is 19.1 Å². The normalized spacial score (nSPS) is 11.5. The summed E-state index contributed by atoms with van der Waals surface area (Å²) in [5.41, 5.74) is 1.22. The minimum atomic E-state index is -1.13. The van der Waals surface area contributed by atoms with Gasteiger partial charge in [0, 0.05) is 7.05 Å². The molecular weight excluding hydrogens is 446 g/mol. The first-order valence-corrected chi connectivity index (χ1v) is 11.0. The summed E-state index contributed by atoms with van der Waals surface area (Å²) in [6.07, 6.45) is -1.13. The maximum absolute atomic E-state index is 13.0. The third kappa shape index (κ3) is 5.16. The fourth-order valence-electron chi connectivity index (χ4n) is 3.53. The zero-order valence-corrected chi connectivity index (χ0v) is 19.6. The molecule has 1 N–H and O–H groups in total. The molecule has 1 atom stereocenters. The highest BCUT2D eigenvalue weighted by atomic mass is 16.5. The third-order valence-electron chi connectivity index (χ3n) is 5.50. The van der Waals surface area contributed by atoms with Gasteiger partial charge in [0.25, 0.3) is 11.5 Å². The molecule has 8 heteroatoms. The van der Waals surface area contributed by atoms with Crippen molar-refractivity contribution in [3.05, 3.63) is 107 Å². The second-order valence-electron chi connectivity index (χ2n) is 7.92. The van der Waals surface area contributed by atoms with E-state index in [1.54, 1.807) is 67.2 Å². The van der Waals surface area contributed by atoms with Gasteiger partial charge in [-0.05, 0) is 56.3 Å². The van der Waals surface area contributed by atoms with Crippen molar-refractivity contribution in [3.8, 4) is 17.2 Å². The average molecular weight is 472 g/mol. The van der Waals surface area contributed by atoms with E-state index in [2.05, 4.69) is 5.32 Å². The zero-order chi connectivity index (χ0) is 24.9. The van der Waals surface area contributed by atoms with Gasteiger partial charge in [-0.2, -0.15) is 0 Å². The molecule has 0 radical (unpaired) electrons. The number of amides is 1. The highest BCUT2D eigenvalue weighted by Gasteiger charge is 2.23. The topological polar surface area (TPSA) is 91.6 Å². The Morgan fingerprint density at radius 2 is 1.51 bits per heavy atom. The summed E-state index contributed by atoms with van der Waals surface area (Å²) in [4.78, 5) is 38.5. The first-order chi connectivity index (χ1) is 16.8. The predicted molar refractivity (Wildman–Crippen MR) is 132 cm³/mol. The van der Waals surface area contributed by atoms with Gasteiger partial charge < -0.3 is 14.8 Å². The number of rotatable bonds is 7. The number of aromatic nitrogens is 2. The van der Waals surface area contributed by atoms with Crippen LogP contribution in [0.4, 0.5) is 5.69 Å². The Morgan fingerprint density at radius 3 is 2.20 bits per heavy atom. The van der Waals surface area contributed by atoms with Crippen molar-refractivity contribution in [2.45, 2.75) is 20.0 Å². The number of hydrogen-bond acceptors (Lipinski definition) is 5. The van der Waals surface area contributed by atoms with Gasteiger partial charge in [0.1, 0.15) is 17.2 Å². The van der Waals surface area contributed by atoms with Gasteiger partial charge in [0.05, 0.1) is 16.9 Å². The van der Waals surface area contributed by atoms with Gasteiger partial charge >= 0.3 is 5.97 Å². The molecule has 1 amide bonds. The van der Waals surface area contributed by atoms with Crippen molar-refractivity contribution in [1.29, 1.82) is 0 Å². The standard InChI is InChI=1S/C27H25N3O5/c1-18-24(26(32)30(29(18)3)21-12-6-4-7-13-21)28-25(31)19(2)34-27(33)20-11-10-16-23(17-20)35-22-14-8-5-9-15-22/h4-17,19H,1-3H3,(H,28,31). The lowest BCUT2D eigenvalue weighted by molar-refractivity contribution is -0.123. The van der Waals surface area contributed by atoms with Crippen LogP contribution in [0.5, 0.6) is 11.5 Å². The van der Waals surface area contributed by atoms with Gasteiger partial charge in [-0.3, -0.25) is 14.3 Å². The van der Waals surface area contributed by atoms with Crippen LogP contribution in [-0.4, -0.2) is 27.3 Å². The van der Waals surface area contributed by atoms with Crippen molar-refractivity contribution in [2.75, 3.05) is 5.32 Å². The monoisotopic (exact) mass is 471 g/mol. The molecule has 0 aliphatic heterocycles. The molecule has 0 spiro atoms. The van der Waals surface area contributed by atoms with Gasteiger partial charge in [0.15, 0.2) is 6.10 Å². The van der Waals surface area contributed by atoms with Crippen molar-refractivity contribution >= 4 is 17.6 Å². The number of ether oxygens (including phenoxy) is 2. The van der Waals surface area contributed by atoms with Crippen LogP contribution in [0.1, 0.15) is 23.0 Å². The molecule has 8 nitrogen and oxygen atoms in total. The molecule has 0 bridgehead atoms. The zero-order valence-electron chi connectivity index (χ0n) is 19.6. The lowest BCUT2D eigenvalue weighted by Crippen LogP contribution is -2.32. The second-order valence-corrected chi connectivity index (χ2v) is 7.92. The quantitative estimate of drug-likeness (QED) is 0.402. The largest absolute Gasteiger partial charge is 0.457 e. The summed E-state index contributed by atoms with van der Waals surface area (Å²) in [6, 6.07) is 24.8. The van der Waals surface area contributed by atoms with Crippen LogP contribution in [0.25, 0.3) is 5.69 Å². The molecule has 4 aromatic rings. The van der Waals surface area contributed by atoms with Crippen molar-refractivity contribution in [3.63, 3.8) is 0 Å². The van der Waals surface area contributed by atoms with Crippen LogP contribution in [0.15, 0.2) is 89.7 Å². The van der Waals surface area contributed by atoms with E-state index in [1.165, 1.54) is 11.6 Å². The van der Waals surface area contributed by atoms with E-state index in [9.17, 15) is 14.4 Å². The SMILES string of the molecule is Cc1c(NC(=O)C(C)OC(=O)c2cccc(Oc3ccccc3)c2)c(=O)n(-c2ccccc2)n1C. The third-order valence-corrected chi connectivity index (χ3v) is 5.50.